The first-order valence-corrected chi connectivity index (χ1v) is 8.50. The highest BCUT2D eigenvalue weighted by Gasteiger charge is 2.21. The quantitative estimate of drug-likeness (QED) is 0.880. The van der Waals surface area contributed by atoms with E-state index < -0.39 is 0 Å². The van der Waals surface area contributed by atoms with Gasteiger partial charge >= 0.3 is 0 Å². The lowest BCUT2D eigenvalue weighted by molar-refractivity contribution is 0.518. The van der Waals surface area contributed by atoms with Gasteiger partial charge < -0.3 is 5.32 Å². The van der Waals surface area contributed by atoms with Gasteiger partial charge in [-0.25, -0.2) is 4.98 Å². The molecular weight excluding hydrogens is 280 g/mol. The van der Waals surface area contributed by atoms with Gasteiger partial charge in [0.1, 0.15) is 5.01 Å². The van der Waals surface area contributed by atoms with E-state index >= 15 is 0 Å². The molecule has 0 amide bonds. The van der Waals surface area contributed by atoms with E-state index in [0.717, 1.165) is 11.4 Å². The minimum Gasteiger partial charge on any atom is -0.302 e. The van der Waals surface area contributed by atoms with Crippen molar-refractivity contribution in [2.75, 3.05) is 0 Å². The second kappa shape index (κ2) is 6.71. The van der Waals surface area contributed by atoms with Crippen LogP contribution in [0.5, 0.6) is 0 Å². The van der Waals surface area contributed by atoms with Crippen molar-refractivity contribution in [1.29, 1.82) is 0 Å². The molecule has 2 aromatic heterocycles. The molecule has 4 nitrogen and oxygen atoms in total. The summed E-state index contributed by atoms with van der Waals surface area (Å²) < 4.78 is 2.01. The summed E-state index contributed by atoms with van der Waals surface area (Å²) in [6.07, 6.45) is 5.08. The molecule has 0 aliphatic rings. The second-order valence-electron chi connectivity index (χ2n) is 6.01. The summed E-state index contributed by atoms with van der Waals surface area (Å²) in [7, 11) is 0. The lowest BCUT2D eigenvalue weighted by Gasteiger charge is -2.18. The molecule has 0 aliphatic carbocycles. The normalized spacial score (nSPS) is 13.3. The van der Waals surface area contributed by atoms with Crippen LogP contribution in [0.1, 0.15) is 67.8 Å². The van der Waals surface area contributed by atoms with Gasteiger partial charge in [-0.1, -0.05) is 6.92 Å². The van der Waals surface area contributed by atoms with Crippen LogP contribution in [0.4, 0.5) is 0 Å². The van der Waals surface area contributed by atoms with Gasteiger partial charge in [0.25, 0.3) is 0 Å². The van der Waals surface area contributed by atoms with Gasteiger partial charge in [-0.3, -0.25) is 4.68 Å². The maximum absolute atomic E-state index is 4.83. The fourth-order valence-corrected chi connectivity index (χ4v) is 3.43. The fourth-order valence-electron chi connectivity index (χ4n) is 2.33. The van der Waals surface area contributed by atoms with Gasteiger partial charge in [-0.05, 0) is 41.0 Å². The monoisotopic (exact) mass is 306 g/mol. The molecule has 0 spiro atoms. The number of thiazole rings is 1. The van der Waals surface area contributed by atoms with Crippen LogP contribution < -0.4 is 5.32 Å². The highest BCUT2D eigenvalue weighted by Crippen LogP contribution is 2.29. The summed E-state index contributed by atoms with van der Waals surface area (Å²) in [5, 5.41) is 9.24. The Morgan fingerprint density at radius 1 is 1.29 bits per heavy atom. The van der Waals surface area contributed by atoms with Crippen LogP contribution in [0, 0.1) is 6.92 Å². The molecular formula is C16H26N4S. The third-order valence-electron chi connectivity index (χ3n) is 3.47. The predicted molar refractivity (Wildman–Crippen MR) is 89.0 cm³/mol. The second-order valence-corrected chi connectivity index (χ2v) is 7.25. The van der Waals surface area contributed by atoms with Gasteiger partial charge in [0.05, 0.1) is 17.9 Å². The summed E-state index contributed by atoms with van der Waals surface area (Å²) in [6, 6.07) is 0.899. The molecule has 2 rings (SSSR count). The molecule has 0 aromatic carbocycles. The number of hydrogen-bond acceptors (Lipinski definition) is 4. The lowest BCUT2D eigenvalue weighted by atomic mass is 10.1. The topological polar surface area (TPSA) is 42.7 Å². The van der Waals surface area contributed by atoms with Crippen LogP contribution in [-0.2, 0) is 6.42 Å². The van der Waals surface area contributed by atoms with Crippen LogP contribution in [0.2, 0.25) is 0 Å². The summed E-state index contributed by atoms with van der Waals surface area (Å²) >= 11 is 1.79. The standard InChI is InChI=1S/C16H26N4S/c1-7-14-12(6)21-16(19-14)15(18-10(2)3)13-8-17-20(9-13)11(4)5/h8-11,15,18H,7H2,1-6H3. The van der Waals surface area contributed by atoms with Crippen LogP contribution in [0.25, 0.3) is 0 Å². The van der Waals surface area contributed by atoms with Gasteiger partial charge in [0.2, 0.25) is 0 Å². The van der Waals surface area contributed by atoms with E-state index in [4.69, 9.17) is 4.98 Å². The zero-order chi connectivity index (χ0) is 15.6. The molecule has 1 N–H and O–H groups in total. The molecule has 0 aliphatic heterocycles. The van der Waals surface area contributed by atoms with E-state index in [1.54, 1.807) is 11.3 Å². The first kappa shape index (κ1) is 16.2. The number of nitrogens with one attached hydrogen (secondary N) is 1. The number of aromatic nitrogens is 3. The molecule has 1 atom stereocenters. The Morgan fingerprint density at radius 3 is 2.48 bits per heavy atom. The SMILES string of the molecule is CCc1nc(C(NC(C)C)c2cnn(C(C)C)c2)sc1C. The Bertz CT molecular complexity index is 583. The number of nitrogens with zero attached hydrogens (tertiary/aromatic N) is 3. The summed E-state index contributed by atoms with van der Waals surface area (Å²) in [5.41, 5.74) is 2.40. The number of aryl methyl sites for hydroxylation is 2. The van der Waals surface area contributed by atoms with Crippen LogP contribution in [0.3, 0.4) is 0 Å². The van der Waals surface area contributed by atoms with Crippen molar-refractivity contribution in [2.45, 2.75) is 66.1 Å². The van der Waals surface area contributed by atoms with Crippen LogP contribution in [-0.4, -0.2) is 20.8 Å². The van der Waals surface area contributed by atoms with E-state index in [1.165, 1.54) is 16.1 Å². The molecule has 2 heterocycles. The van der Waals surface area contributed by atoms with Crippen molar-refractivity contribution in [2.24, 2.45) is 0 Å². The molecule has 0 fully saturated rings. The molecule has 1 unspecified atom stereocenters. The summed E-state index contributed by atoms with van der Waals surface area (Å²) in [4.78, 5) is 6.15. The van der Waals surface area contributed by atoms with E-state index in [9.17, 15) is 0 Å². The average molecular weight is 306 g/mol. The Hall–Kier alpha value is -1.20. The molecule has 21 heavy (non-hydrogen) atoms. The van der Waals surface area contributed by atoms with E-state index in [1.807, 2.05) is 10.9 Å². The molecule has 2 aromatic rings. The van der Waals surface area contributed by atoms with Crippen molar-refractivity contribution in [3.05, 3.63) is 33.5 Å². The fraction of sp³-hybridized carbons (Fsp3) is 0.625. The van der Waals surface area contributed by atoms with Crippen molar-refractivity contribution < 1.29 is 0 Å². The average Bonchev–Trinajstić information content (AvgIpc) is 3.02. The third-order valence-corrected chi connectivity index (χ3v) is 4.55. The Labute approximate surface area is 131 Å². The highest BCUT2D eigenvalue weighted by molar-refractivity contribution is 7.11. The number of hydrogen-bond donors (Lipinski definition) is 1. The predicted octanol–water partition coefficient (Wildman–Crippen LogP) is 3.88. The first-order valence-electron chi connectivity index (χ1n) is 7.68. The maximum Gasteiger partial charge on any atom is 0.115 e. The van der Waals surface area contributed by atoms with Crippen molar-refractivity contribution in [3.63, 3.8) is 0 Å². The van der Waals surface area contributed by atoms with Crippen LogP contribution >= 0.6 is 11.3 Å². The van der Waals surface area contributed by atoms with Gasteiger partial charge in [-0.2, -0.15) is 5.10 Å². The highest BCUT2D eigenvalue weighted by atomic mass is 32.1. The van der Waals surface area contributed by atoms with Gasteiger partial charge in [0, 0.05) is 28.7 Å². The minimum absolute atomic E-state index is 0.126. The van der Waals surface area contributed by atoms with E-state index in [-0.39, 0.29) is 6.04 Å². The van der Waals surface area contributed by atoms with Gasteiger partial charge in [-0.15, -0.1) is 11.3 Å². The van der Waals surface area contributed by atoms with Crippen molar-refractivity contribution >= 4 is 11.3 Å². The maximum atomic E-state index is 4.83. The summed E-state index contributed by atoms with van der Waals surface area (Å²) in [5.74, 6) is 0. The lowest BCUT2D eigenvalue weighted by Crippen LogP contribution is -2.28. The Kier molecular flexibility index (Phi) is 5.17. The molecule has 0 radical (unpaired) electrons. The molecule has 0 saturated heterocycles. The Balaban J connectivity index is 2.36. The summed E-state index contributed by atoms with van der Waals surface area (Å²) in [6.45, 7) is 12.9. The van der Waals surface area contributed by atoms with Crippen molar-refractivity contribution in [1.82, 2.24) is 20.1 Å². The van der Waals surface area contributed by atoms with Crippen molar-refractivity contribution in [3.8, 4) is 0 Å². The van der Waals surface area contributed by atoms with E-state index in [0.29, 0.717) is 12.1 Å². The van der Waals surface area contributed by atoms with Crippen LogP contribution in [0.15, 0.2) is 12.4 Å². The zero-order valence-electron chi connectivity index (χ0n) is 13.8. The smallest absolute Gasteiger partial charge is 0.115 e. The molecule has 5 heteroatoms. The van der Waals surface area contributed by atoms with E-state index in [2.05, 4.69) is 58.2 Å². The Morgan fingerprint density at radius 2 is 2.00 bits per heavy atom. The molecule has 0 saturated carbocycles. The number of rotatable bonds is 6. The largest absolute Gasteiger partial charge is 0.302 e. The third kappa shape index (κ3) is 3.71. The zero-order valence-corrected chi connectivity index (χ0v) is 14.7. The minimum atomic E-state index is 0.126. The molecule has 116 valence electrons. The van der Waals surface area contributed by atoms with Gasteiger partial charge in [0.15, 0.2) is 0 Å². The molecule has 0 bridgehead atoms. The first-order chi connectivity index (χ1) is 9.92.